The number of fused-ring (bicyclic) bond motifs is 1. The maximum atomic E-state index is 12.6. The number of aromatic amines is 1. The molecule has 1 saturated heterocycles. The van der Waals surface area contributed by atoms with Gasteiger partial charge in [0.05, 0.1) is 0 Å². The lowest BCUT2D eigenvalue weighted by atomic mass is 10.0. The highest BCUT2D eigenvalue weighted by atomic mass is 16.2. The van der Waals surface area contributed by atoms with Crippen LogP contribution in [0.3, 0.4) is 0 Å². The van der Waals surface area contributed by atoms with Gasteiger partial charge in [0, 0.05) is 23.0 Å². The molecule has 3 rings (SSSR count). The average molecular weight is 299 g/mol. The van der Waals surface area contributed by atoms with Crippen molar-refractivity contribution in [2.75, 3.05) is 19.6 Å². The van der Waals surface area contributed by atoms with Crippen LogP contribution in [0.1, 0.15) is 42.7 Å². The van der Waals surface area contributed by atoms with Crippen LogP contribution in [-0.2, 0) is 0 Å². The Balaban J connectivity index is 1.73. The molecule has 1 aliphatic heterocycles. The van der Waals surface area contributed by atoms with Gasteiger partial charge in [-0.3, -0.25) is 4.79 Å². The van der Waals surface area contributed by atoms with Crippen molar-refractivity contribution in [2.45, 2.75) is 39.2 Å². The summed E-state index contributed by atoms with van der Waals surface area (Å²) in [6, 6.07) is 8.03. The topological polar surface area (TPSA) is 48.1 Å². The number of H-pyrrole nitrogens is 1. The molecular formula is C18H25N3O. The fourth-order valence-electron chi connectivity index (χ4n) is 3.34. The van der Waals surface area contributed by atoms with Gasteiger partial charge < -0.3 is 15.2 Å². The van der Waals surface area contributed by atoms with Gasteiger partial charge in [0.25, 0.3) is 5.91 Å². The van der Waals surface area contributed by atoms with Gasteiger partial charge in [-0.25, -0.2) is 0 Å². The summed E-state index contributed by atoms with van der Waals surface area (Å²) < 4.78 is 0. The molecule has 22 heavy (non-hydrogen) atoms. The SMILES string of the molecule is Cc1cccc2[nH]c(C(=O)NC(C)(C)CN3CCCC3)cc12. The summed E-state index contributed by atoms with van der Waals surface area (Å²) in [5.74, 6) is -0.0280. The van der Waals surface area contributed by atoms with Crippen molar-refractivity contribution in [2.24, 2.45) is 0 Å². The second-order valence-electron chi connectivity index (χ2n) is 7.04. The number of carbonyl (C=O) groups excluding carboxylic acids is 1. The Bertz CT molecular complexity index is 681. The zero-order valence-electron chi connectivity index (χ0n) is 13.7. The van der Waals surface area contributed by atoms with Crippen LogP contribution in [0, 0.1) is 6.92 Å². The Hall–Kier alpha value is -1.81. The smallest absolute Gasteiger partial charge is 0.268 e. The molecule has 0 unspecified atom stereocenters. The molecule has 1 aromatic heterocycles. The van der Waals surface area contributed by atoms with Crippen molar-refractivity contribution in [3.05, 3.63) is 35.5 Å². The van der Waals surface area contributed by atoms with Crippen molar-refractivity contribution in [1.29, 1.82) is 0 Å². The van der Waals surface area contributed by atoms with Gasteiger partial charge in [-0.05, 0) is 64.4 Å². The van der Waals surface area contributed by atoms with E-state index < -0.39 is 0 Å². The lowest BCUT2D eigenvalue weighted by Crippen LogP contribution is -2.51. The standard InChI is InChI=1S/C18H25N3O/c1-13-7-6-8-15-14(13)11-16(19-15)17(22)20-18(2,3)12-21-9-4-5-10-21/h6-8,11,19H,4-5,9-10,12H2,1-3H3,(H,20,22). The number of likely N-dealkylation sites (tertiary alicyclic amines) is 1. The molecule has 1 aromatic carbocycles. The van der Waals surface area contributed by atoms with Gasteiger partial charge in [0.15, 0.2) is 0 Å². The van der Waals surface area contributed by atoms with Gasteiger partial charge in [-0.15, -0.1) is 0 Å². The molecule has 4 nitrogen and oxygen atoms in total. The Labute approximate surface area is 131 Å². The van der Waals surface area contributed by atoms with Crippen molar-refractivity contribution in [1.82, 2.24) is 15.2 Å². The van der Waals surface area contributed by atoms with E-state index in [1.54, 1.807) is 0 Å². The van der Waals surface area contributed by atoms with Crippen LogP contribution in [0.5, 0.6) is 0 Å². The number of hydrogen-bond acceptors (Lipinski definition) is 2. The number of aryl methyl sites for hydroxylation is 1. The zero-order valence-corrected chi connectivity index (χ0v) is 13.7. The number of benzene rings is 1. The Morgan fingerprint density at radius 1 is 1.32 bits per heavy atom. The number of rotatable bonds is 4. The second kappa shape index (κ2) is 5.76. The average Bonchev–Trinajstić information content (AvgIpc) is 3.07. The fourth-order valence-corrected chi connectivity index (χ4v) is 3.34. The minimum absolute atomic E-state index is 0.0280. The maximum absolute atomic E-state index is 12.6. The Morgan fingerprint density at radius 2 is 2.05 bits per heavy atom. The highest BCUT2D eigenvalue weighted by molar-refractivity contribution is 5.99. The number of nitrogens with zero attached hydrogens (tertiary/aromatic N) is 1. The molecule has 2 N–H and O–H groups in total. The minimum atomic E-state index is -0.228. The van der Waals surface area contributed by atoms with Crippen LogP contribution in [0.15, 0.2) is 24.3 Å². The summed E-state index contributed by atoms with van der Waals surface area (Å²) in [6.07, 6.45) is 2.54. The quantitative estimate of drug-likeness (QED) is 0.911. The number of amides is 1. The van der Waals surface area contributed by atoms with Gasteiger partial charge in [-0.1, -0.05) is 12.1 Å². The predicted molar refractivity (Wildman–Crippen MR) is 90.3 cm³/mol. The molecule has 0 aliphatic carbocycles. The molecule has 0 saturated carbocycles. The van der Waals surface area contributed by atoms with E-state index in [4.69, 9.17) is 0 Å². The fraction of sp³-hybridized carbons (Fsp3) is 0.500. The van der Waals surface area contributed by atoms with Crippen molar-refractivity contribution >= 4 is 16.8 Å². The lowest BCUT2D eigenvalue weighted by Gasteiger charge is -2.31. The summed E-state index contributed by atoms with van der Waals surface area (Å²) in [6.45, 7) is 9.44. The van der Waals surface area contributed by atoms with E-state index in [9.17, 15) is 4.79 Å². The van der Waals surface area contributed by atoms with Gasteiger partial charge in [-0.2, -0.15) is 0 Å². The van der Waals surface area contributed by atoms with E-state index in [0.29, 0.717) is 5.69 Å². The van der Waals surface area contributed by atoms with Gasteiger partial charge in [0.2, 0.25) is 0 Å². The Kier molecular flexibility index (Phi) is 3.96. The minimum Gasteiger partial charge on any atom is -0.351 e. The van der Waals surface area contributed by atoms with Crippen LogP contribution >= 0.6 is 0 Å². The van der Waals surface area contributed by atoms with E-state index in [1.807, 2.05) is 18.2 Å². The van der Waals surface area contributed by atoms with Crippen LogP contribution in [0.25, 0.3) is 10.9 Å². The van der Waals surface area contributed by atoms with E-state index >= 15 is 0 Å². The van der Waals surface area contributed by atoms with Crippen LogP contribution in [-0.4, -0.2) is 41.0 Å². The molecule has 2 aromatic rings. The van der Waals surface area contributed by atoms with Crippen LogP contribution in [0.4, 0.5) is 0 Å². The molecule has 1 amide bonds. The summed E-state index contributed by atoms with van der Waals surface area (Å²) in [5, 5.41) is 4.28. The maximum Gasteiger partial charge on any atom is 0.268 e. The highest BCUT2D eigenvalue weighted by Gasteiger charge is 2.26. The van der Waals surface area contributed by atoms with Crippen LogP contribution < -0.4 is 5.32 Å². The van der Waals surface area contributed by atoms with Gasteiger partial charge >= 0.3 is 0 Å². The molecule has 4 heteroatoms. The normalized spacial score (nSPS) is 16.3. The third-order valence-electron chi connectivity index (χ3n) is 4.40. The first-order valence-corrected chi connectivity index (χ1v) is 8.08. The first-order chi connectivity index (χ1) is 10.4. The van der Waals surface area contributed by atoms with E-state index in [-0.39, 0.29) is 11.4 Å². The summed E-state index contributed by atoms with van der Waals surface area (Å²) in [4.78, 5) is 18.2. The summed E-state index contributed by atoms with van der Waals surface area (Å²) in [7, 11) is 0. The number of nitrogens with one attached hydrogen (secondary N) is 2. The molecule has 1 aliphatic rings. The third-order valence-corrected chi connectivity index (χ3v) is 4.40. The number of hydrogen-bond donors (Lipinski definition) is 2. The summed E-state index contributed by atoms with van der Waals surface area (Å²) in [5.41, 5.74) is 2.61. The highest BCUT2D eigenvalue weighted by Crippen LogP contribution is 2.20. The molecular weight excluding hydrogens is 274 g/mol. The summed E-state index contributed by atoms with van der Waals surface area (Å²) >= 11 is 0. The Morgan fingerprint density at radius 3 is 2.73 bits per heavy atom. The van der Waals surface area contributed by atoms with E-state index in [0.717, 1.165) is 30.5 Å². The van der Waals surface area contributed by atoms with Crippen molar-refractivity contribution in [3.63, 3.8) is 0 Å². The molecule has 2 heterocycles. The second-order valence-corrected chi connectivity index (χ2v) is 7.04. The first-order valence-electron chi connectivity index (χ1n) is 8.08. The van der Waals surface area contributed by atoms with E-state index in [1.165, 1.54) is 18.4 Å². The largest absolute Gasteiger partial charge is 0.351 e. The van der Waals surface area contributed by atoms with E-state index in [2.05, 4.69) is 42.0 Å². The van der Waals surface area contributed by atoms with Crippen LogP contribution in [0.2, 0.25) is 0 Å². The number of aromatic nitrogens is 1. The predicted octanol–water partition coefficient (Wildman–Crippen LogP) is 3.08. The molecule has 1 fully saturated rings. The molecule has 0 bridgehead atoms. The third kappa shape index (κ3) is 3.17. The number of carbonyl (C=O) groups is 1. The molecule has 0 atom stereocenters. The lowest BCUT2D eigenvalue weighted by molar-refractivity contribution is 0.0889. The van der Waals surface area contributed by atoms with Gasteiger partial charge in [0.1, 0.15) is 5.69 Å². The zero-order chi connectivity index (χ0) is 15.7. The van der Waals surface area contributed by atoms with Crippen molar-refractivity contribution < 1.29 is 4.79 Å². The molecule has 118 valence electrons. The monoisotopic (exact) mass is 299 g/mol. The first kappa shape index (κ1) is 15.1. The molecule has 0 radical (unpaired) electrons. The molecule has 0 spiro atoms. The van der Waals surface area contributed by atoms with Crippen molar-refractivity contribution in [3.8, 4) is 0 Å².